The van der Waals surface area contributed by atoms with E-state index in [0.29, 0.717) is 19.3 Å². The van der Waals surface area contributed by atoms with Crippen LogP contribution in [0.5, 0.6) is 0 Å². The van der Waals surface area contributed by atoms with Crippen LogP contribution in [0.1, 0.15) is 31.4 Å². The van der Waals surface area contributed by atoms with Crippen molar-refractivity contribution in [1.29, 1.82) is 0 Å². The molecule has 2 fully saturated rings. The number of aromatic nitrogens is 1. The maximum atomic E-state index is 13.3. The molecule has 0 radical (unpaired) electrons. The number of alkyl halides is 3. The van der Waals surface area contributed by atoms with Gasteiger partial charge >= 0.3 is 6.18 Å². The highest BCUT2D eigenvalue weighted by Crippen LogP contribution is 2.56. The van der Waals surface area contributed by atoms with Crippen LogP contribution in [0, 0.1) is 18.3 Å². The summed E-state index contributed by atoms with van der Waals surface area (Å²) in [4.78, 5) is -0.238. The van der Waals surface area contributed by atoms with E-state index in [9.17, 15) is 21.6 Å². The van der Waals surface area contributed by atoms with E-state index in [0.717, 1.165) is 4.31 Å². The number of piperidine rings is 1. The first kappa shape index (κ1) is 16.6. The quantitative estimate of drug-likeness (QED) is 0.881. The number of nitrogen functional groups attached to an aromatic ring is 1. The molecule has 1 aromatic rings. The van der Waals surface area contributed by atoms with E-state index in [-0.39, 0.29) is 36.0 Å². The molecule has 1 unspecified atom stereocenters. The lowest BCUT2D eigenvalue weighted by atomic mass is 9.58. The monoisotopic (exact) mass is 353 g/mol. The highest BCUT2D eigenvalue weighted by atomic mass is 32.2. The zero-order chi connectivity index (χ0) is 17.0. The van der Waals surface area contributed by atoms with Crippen molar-refractivity contribution < 1.29 is 26.1 Å². The zero-order valence-electron chi connectivity index (χ0n) is 12.6. The second-order valence-corrected chi connectivity index (χ2v) is 8.27. The minimum absolute atomic E-state index is 0.0445. The topological polar surface area (TPSA) is 89.4 Å². The Hall–Kier alpha value is -1.29. The number of anilines is 1. The van der Waals surface area contributed by atoms with Crippen molar-refractivity contribution in [2.45, 2.75) is 43.7 Å². The number of rotatable bonds is 2. The summed E-state index contributed by atoms with van der Waals surface area (Å²) in [6, 6.07) is 0. The van der Waals surface area contributed by atoms with Crippen LogP contribution >= 0.6 is 0 Å². The fraction of sp³-hybridized carbons (Fsp3) is 0.769. The normalized spacial score (nSPS) is 25.5. The fourth-order valence-corrected chi connectivity index (χ4v) is 5.53. The Morgan fingerprint density at radius 3 is 2.48 bits per heavy atom. The average Bonchev–Trinajstić information content (AvgIpc) is 2.75. The van der Waals surface area contributed by atoms with Crippen LogP contribution in [0.25, 0.3) is 0 Å². The second kappa shape index (κ2) is 5.10. The van der Waals surface area contributed by atoms with Crippen LogP contribution in [0.3, 0.4) is 0 Å². The van der Waals surface area contributed by atoms with Crippen molar-refractivity contribution in [1.82, 2.24) is 9.46 Å². The van der Waals surface area contributed by atoms with Gasteiger partial charge in [-0.1, -0.05) is 11.6 Å². The van der Waals surface area contributed by atoms with Crippen molar-refractivity contribution in [2.24, 2.45) is 11.3 Å². The molecule has 1 saturated heterocycles. The predicted molar refractivity (Wildman–Crippen MR) is 74.9 cm³/mol. The van der Waals surface area contributed by atoms with E-state index in [1.165, 1.54) is 6.92 Å². The molecule has 3 rings (SSSR count). The van der Waals surface area contributed by atoms with Gasteiger partial charge in [0.2, 0.25) is 10.0 Å². The van der Waals surface area contributed by atoms with Crippen molar-refractivity contribution in [2.75, 3.05) is 18.8 Å². The van der Waals surface area contributed by atoms with Crippen molar-refractivity contribution in [3.63, 3.8) is 0 Å². The van der Waals surface area contributed by atoms with E-state index in [2.05, 4.69) is 5.16 Å². The van der Waals surface area contributed by atoms with Crippen LogP contribution < -0.4 is 5.73 Å². The van der Waals surface area contributed by atoms with Gasteiger partial charge in [-0.2, -0.15) is 17.5 Å². The lowest BCUT2D eigenvalue weighted by Crippen LogP contribution is -2.57. The van der Waals surface area contributed by atoms with Crippen molar-refractivity contribution >= 4 is 15.8 Å². The summed E-state index contributed by atoms with van der Waals surface area (Å²) in [6.45, 7) is 1.10. The first-order valence-corrected chi connectivity index (χ1v) is 8.80. The molecule has 2 heterocycles. The smallest absolute Gasteiger partial charge is 0.380 e. The van der Waals surface area contributed by atoms with Crippen LogP contribution in [-0.4, -0.2) is 37.1 Å². The average molecular weight is 353 g/mol. The minimum Gasteiger partial charge on any atom is -0.380 e. The molecule has 0 aromatic carbocycles. The molecule has 1 atom stereocenters. The molecular weight excluding hydrogens is 335 g/mol. The molecule has 23 heavy (non-hydrogen) atoms. The molecule has 130 valence electrons. The molecule has 6 nitrogen and oxygen atoms in total. The van der Waals surface area contributed by atoms with Gasteiger partial charge in [-0.05, 0) is 31.6 Å². The summed E-state index contributed by atoms with van der Waals surface area (Å²) < 4.78 is 71.2. The number of nitrogens with two attached hydrogens (primary N) is 1. The first-order valence-electron chi connectivity index (χ1n) is 7.36. The molecule has 10 heteroatoms. The van der Waals surface area contributed by atoms with Gasteiger partial charge in [-0.3, -0.25) is 0 Å². The molecular formula is C13H18F3N3O3S. The number of halogens is 3. The third-order valence-corrected chi connectivity index (χ3v) is 7.08. The third-order valence-electron chi connectivity index (χ3n) is 5.07. The SMILES string of the molecule is Cc1onc(N)c1S(=O)(=O)N1CCC(C(F)(F)F)C2(CCC2)C1. The molecule has 1 aliphatic heterocycles. The highest BCUT2D eigenvalue weighted by Gasteiger charge is 2.59. The molecule has 1 saturated carbocycles. The lowest BCUT2D eigenvalue weighted by Gasteiger charge is -2.53. The number of nitrogens with zero attached hydrogens (tertiary/aromatic N) is 2. The first-order chi connectivity index (χ1) is 10.6. The van der Waals surface area contributed by atoms with Gasteiger partial charge < -0.3 is 10.3 Å². The maximum absolute atomic E-state index is 13.3. The minimum atomic E-state index is -4.30. The number of hydrogen-bond acceptors (Lipinski definition) is 5. The van der Waals surface area contributed by atoms with Gasteiger partial charge in [-0.25, -0.2) is 8.42 Å². The van der Waals surface area contributed by atoms with E-state index in [1.54, 1.807) is 0 Å². The molecule has 1 aliphatic carbocycles. The third kappa shape index (κ3) is 2.51. The predicted octanol–water partition coefficient (Wildman–Crippen LogP) is 2.31. The van der Waals surface area contributed by atoms with Crippen molar-refractivity contribution in [3.05, 3.63) is 5.76 Å². The van der Waals surface area contributed by atoms with Gasteiger partial charge in [0, 0.05) is 13.1 Å². The number of aryl methyl sites for hydroxylation is 1. The van der Waals surface area contributed by atoms with Gasteiger partial charge in [0.05, 0.1) is 5.92 Å². The van der Waals surface area contributed by atoms with Crippen LogP contribution in [-0.2, 0) is 10.0 Å². The van der Waals surface area contributed by atoms with Crippen molar-refractivity contribution in [3.8, 4) is 0 Å². The summed E-state index contributed by atoms with van der Waals surface area (Å²) in [7, 11) is -4.01. The Balaban J connectivity index is 1.92. The van der Waals surface area contributed by atoms with Gasteiger partial charge in [-0.15, -0.1) is 0 Å². The summed E-state index contributed by atoms with van der Waals surface area (Å²) in [5.74, 6) is -1.66. The highest BCUT2D eigenvalue weighted by molar-refractivity contribution is 7.89. The maximum Gasteiger partial charge on any atom is 0.392 e. The van der Waals surface area contributed by atoms with Crippen LogP contribution in [0.15, 0.2) is 9.42 Å². The Labute approximate surface area is 131 Å². The van der Waals surface area contributed by atoms with Gasteiger partial charge in [0.15, 0.2) is 16.5 Å². The molecule has 2 N–H and O–H groups in total. The number of sulfonamides is 1. The van der Waals surface area contributed by atoms with E-state index in [1.807, 2.05) is 0 Å². The van der Waals surface area contributed by atoms with Crippen LogP contribution in [0.2, 0.25) is 0 Å². The Kier molecular flexibility index (Phi) is 3.67. The van der Waals surface area contributed by atoms with E-state index in [4.69, 9.17) is 10.3 Å². The lowest BCUT2D eigenvalue weighted by molar-refractivity contribution is -0.233. The summed E-state index contributed by atoms with van der Waals surface area (Å²) in [6.07, 6.45) is -3.06. The molecule has 2 aliphatic rings. The number of hydrogen-bond donors (Lipinski definition) is 1. The molecule has 1 aromatic heterocycles. The summed E-state index contributed by atoms with van der Waals surface area (Å²) in [5.41, 5.74) is 4.54. The molecule has 1 spiro atoms. The van der Waals surface area contributed by atoms with E-state index >= 15 is 0 Å². The Morgan fingerprint density at radius 1 is 1.39 bits per heavy atom. The molecule has 0 amide bonds. The fourth-order valence-electron chi connectivity index (χ4n) is 3.80. The standard InChI is InChI=1S/C13H18F3N3O3S/c1-8-10(11(17)18-22-8)23(20,21)19-6-3-9(13(14,15)16)12(7-19)4-2-5-12/h9H,2-7H2,1H3,(H2,17,18). The largest absolute Gasteiger partial charge is 0.392 e. The Bertz CT molecular complexity index is 690. The molecule has 0 bridgehead atoms. The van der Waals surface area contributed by atoms with Gasteiger partial charge in [0.25, 0.3) is 0 Å². The zero-order valence-corrected chi connectivity index (χ0v) is 13.4. The van der Waals surface area contributed by atoms with Gasteiger partial charge in [0.1, 0.15) is 0 Å². The summed E-state index contributed by atoms with van der Waals surface area (Å²) >= 11 is 0. The Morgan fingerprint density at radius 2 is 2.04 bits per heavy atom. The van der Waals surface area contributed by atoms with E-state index < -0.39 is 27.5 Å². The van der Waals surface area contributed by atoms with Crippen LogP contribution in [0.4, 0.5) is 19.0 Å². The second-order valence-electron chi connectivity index (χ2n) is 6.39. The summed E-state index contributed by atoms with van der Waals surface area (Å²) in [5, 5.41) is 3.42.